The van der Waals surface area contributed by atoms with Crippen molar-refractivity contribution in [2.45, 2.75) is 38.0 Å². The summed E-state index contributed by atoms with van der Waals surface area (Å²) in [6, 6.07) is 10.6. The first-order valence-electron chi connectivity index (χ1n) is 7.48. The second-order valence-electron chi connectivity index (χ2n) is 5.98. The first kappa shape index (κ1) is 13.6. The molecule has 1 amide bonds. The van der Waals surface area contributed by atoms with Gasteiger partial charge in [-0.2, -0.15) is 0 Å². The summed E-state index contributed by atoms with van der Waals surface area (Å²) in [5, 5.41) is 3.44. The lowest BCUT2D eigenvalue weighted by Crippen LogP contribution is -2.46. The van der Waals surface area contributed by atoms with Crippen LogP contribution in [0.3, 0.4) is 0 Å². The number of benzene rings is 1. The summed E-state index contributed by atoms with van der Waals surface area (Å²) in [5.74, 6) is 0.244. The largest absolute Gasteiger partial charge is 0.318 e. The van der Waals surface area contributed by atoms with Gasteiger partial charge in [-0.05, 0) is 45.5 Å². The van der Waals surface area contributed by atoms with Gasteiger partial charge < -0.3 is 9.80 Å². The second-order valence-corrected chi connectivity index (χ2v) is 5.98. The van der Waals surface area contributed by atoms with E-state index in [9.17, 15) is 4.79 Å². The highest BCUT2D eigenvalue weighted by Gasteiger charge is 2.41. The summed E-state index contributed by atoms with van der Waals surface area (Å²) in [6.07, 6.45) is 2.17. The highest BCUT2D eigenvalue weighted by molar-refractivity contribution is 5.84. The minimum absolute atomic E-state index is 0.0344. The number of hydrogen-bond donors (Lipinski definition) is 1. The van der Waals surface area contributed by atoms with Gasteiger partial charge in [0.2, 0.25) is 5.91 Å². The molecule has 0 saturated carbocycles. The van der Waals surface area contributed by atoms with Crippen molar-refractivity contribution in [2.24, 2.45) is 0 Å². The van der Waals surface area contributed by atoms with Crippen LogP contribution in [-0.4, -0.2) is 47.9 Å². The molecular weight excluding hydrogens is 250 g/mol. The lowest BCUT2D eigenvalue weighted by Gasteiger charge is -2.38. The molecule has 20 heavy (non-hydrogen) atoms. The van der Waals surface area contributed by atoms with Crippen LogP contribution in [0.2, 0.25) is 0 Å². The molecular formula is C16H23N3O. The van der Waals surface area contributed by atoms with Crippen LogP contribution in [0.4, 0.5) is 0 Å². The van der Waals surface area contributed by atoms with Gasteiger partial charge in [-0.25, -0.2) is 0 Å². The van der Waals surface area contributed by atoms with Gasteiger partial charge in [0.15, 0.2) is 0 Å². The third-order valence-electron chi connectivity index (χ3n) is 4.51. The highest BCUT2D eigenvalue weighted by atomic mass is 16.2. The number of hydrogen-bond acceptors (Lipinski definition) is 3. The summed E-state index contributed by atoms with van der Waals surface area (Å²) in [6.45, 7) is 4.11. The molecule has 1 N–H and O–H groups in total. The Morgan fingerprint density at radius 3 is 2.45 bits per heavy atom. The number of likely N-dealkylation sites (tertiary alicyclic amines) is 1. The van der Waals surface area contributed by atoms with Crippen LogP contribution in [0.25, 0.3) is 0 Å². The van der Waals surface area contributed by atoms with Gasteiger partial charge in [0.25, 0.3) is 0 Å². The van der Waals surface area contributed by atoms with E-state index in [1.165, 1.54) is 5.56 Å². The molecule has 0 aromatic heterocycles. The highest BCUT2D eigenvalue weighted by Crippen LogP contribution is 2.30. The minimum atomic E-state index is -0.0835. The van der Waals surface area contributed by atoms with Crippen LogP contribution in [-0.2, 0) is 4.79 Å². The molecule has 3 rings (SSSR count). The Kier molecular flexibility index (Phi) is 3.76. The molecule has 2 aliphatic rings. The van der Waals surface area contributed by atoms with Crippen LogP contribution in [0.5, 0.6) is 0 Å². The zero-order valence-electron chi connectivity index (χ0n) is 12.2. The van der Waals surface area contributed by atoms with E-state index in [0.717, 1.165) is 25.9 Å². The Balaban J connectivity index is 1.83. The minimum Gasteiger partial charge on any atom is -0.318 e. The third-order valence-corrected chi connectivity index (χ3v) is 4.51. The summed E-state index contributed by atoms with van der Waals surface area (Å²) in [7, 11) is 2.15. The average Bonchev–Trinajstić information content (AvgIpc) is 2.77. The second kappa shape index (κ2) is 5.54. The zero-order valence-corrected chi connectivity index (χ0v) is 12.2. The third kappa shape index (κ3) is 2.45. The number of carbonyl (C=O) groups excluding carboxylic acids is 1. The SMILES string of the molecule is CC1NC(c2ccccc2)N(C2CCN(C)CC2)C1=O. The lowest BCUT2D eigenvalue weighted by atomic mass is 10.0. The van der Waals surface area contributed by atoms with Crippen molar-refractivity contribution in [3.05, 3.63) is 35.9 Å². The predicted octanol–water partition coefficient (Wildman–Crippen LogP) is 1.60. The van der Waals surface area contributed by atoms with Crippen molar-refractivity contribution in [3.8, 4) is 0 Å². The Bertz CT molecular complexity index is 468. The fourth-order valence-electron chi connectivity index (χ4n) is 3.30. The van der Waals surface area contributed by atoms with Crippen LogP contribution >= 0.6 is 0 Å². The maximum atomic E-state index is 12.5. The van der Waals surface area contributed by atoms with Gasteiger partial charge in [0.1, 0.15) is 6.17 Å². The topological polar surface area (TPSA) is 35.6 Å². The number of amides is 1. The Morgan fingerprint density at radius 1 is 1.15 bits per heavy atom. The van der Waals surface area contributed by atoms with Crippen LogP contribution in [0, 0.1) is 0 Å². The van der Waals surface area contributed by atoms with Gasteiger partial charge in [0, 0.05) is 6.04 Å². The van der Waals surface area contributed by atoms with Gasteiger partial charge in [-0.3, -0.25) is 10.1 Å². The quantitative estimate of drug-likeness (QED) is 0.889. The van der Waals surface area contributed by atoms with Crippen molar-refractivity contribution in [3.63, 3.8) is 0 Å². The maximum Gasteiger partial charge on any atom is 0.241 e. The molecule has 108 valence electrons. The standard InChI is InChI=1S/C16H23N3O/c1-12-16(20)19(14-8-10-18(2)11-9-14)15(17-12)13-6-4-3-5-7-13/h3-7,12,14-15,17H,8-11H2,1-2H3. The lowest BCUT2D eigenvalue weighted by molar-refractivity contribution is -0.133. The van der Waals surface area contributed by atoms with E-state index < -0.39 is 0 Å². The first-order valence-corrected chi connectivity index (χ1v) is 7.48. The van der Waals surface area contributed by atoms with Crippen molar-refractivity contribution in [1.82, 2.24) is 15.1 Å². The van der Waals surface area contributed by atoms with Gasteiger partial charge in [-0.1, -0.05) is 30.3 Å². The van der Waals surface area contributed by atoms with Crippen LogP contribution in [0.1, 0.15) is 31.5 Å². The Morgan fingerprint density at radius 2 is 1.80 bits per heavy atom. The molecule has 2 atom stereocenters. The molecule has 1 aromatic carbocycles. The van der Waals surface area contributed by atoms with E-state index in [1.807, 2.05) is 25.1 Å². The smallest absolute Gasteiger partial charge is 0.241 e. The molecule has 2 heterocycles. The van der Waals surface area contributed by atoms with E-state index in [0.29, 0.717) is 6.04 Å². The van der Waals surface area contributed by atoms with Crippen molar-refractivity contribution < 1.29 is 4.79 Å². The number of nitrogens with one attached hydrogen (secondary N) is 1. The fraction of sp³-hybridized carbons (Fsp3) is 0.562. The molecule has 0 spiro atoms. The maximum absolute atomic E-state index is 12.5. The molecule has 2 unspecified atom stereocenters. The number of nitrogens with zero attached hydrogens (tertiary/aromatic N) is 2. The summed E-state index contributed by atoms with van der Waals surface area (Å²) in [4.78, 5) is 16.9. The normalized spacial score (nSPS) is 29.1. The number of carbonyl (C=O) groups is 1. The van der Waals surface area contributed by atoms with Crippen LogP contribution in [0.15, 0.2) is 30.3 Å². The molecule has 0 bridgehead atoms. The molecule has 4 heteroatoms. The molecule has 4 nitrogen and oxygen atoms in total. The van der Waals surface area contributed by atoms with Gasteiger partial charge in [0.05, 0.1) is 6.04 Å². The van der Waals surface area contributed by atoms with Gasteiger partial charge in [-0.15, -0.1) is 0 Å². The molecule has 0 aliphatic carbocycles. The van der Waals surface area contributed by atoms with E-state index in [4.69, 9.17) is 0 Å². The van der Waals surface area contributed by atoms with E-state index in [2.05, 4.69) is 34.3 Å². The average molecular weight is 273 g/mol. The summed E-state index contributed by atoms with van der Waals surface area (Å²) < 4.78 is 0. The molecule has 0 radical (unpaired) electrons. The Hall–Kier alpha value is -1.39. The molecule has 2 fully saturated rings. The molecule has 1 aromatic rings. The summed E-state index contributed by atoms with van der Waals surface area (Å²) >= 11 is 0. The van der Waals surface area contributed by atoms with Crippen molar-refractivity contribution >= 4 is 5.91 Å². The van der Waals surface area contributed by atoms with Crippen molar-refractivity contribution in [1.29, 1.82) is 0 Å². The zero-order chi connectivity index (χ0) is 14.1. The van der Waals surface area contributed by atoms with Crippen molar-refractivity contribution in [2.75, 3.05) is 20.1 Å². The van der Waals surface area contributed by atoms with Crippen LogP contribution < -0.4 is 5.32 Å². The number of piperidine rings is 1. The Labute approximate surface area is 120 Å². The van der Waals surface area contributed by atoms with Gasteiger partial charge >= 0.3 is 0 Å². The predicted molar refractivity (Wildman–Crippen MR) is 79.1 cm³/mol. The number of rotatable bonds is 2. The monoisotopic (exact) mass is 273 g/mol. The van der Waals surface area contributed by atoms with E-state index >= 15 is 0 Å². The first-order chi connectivity index (χ1) is 9.66. The summed E-state index contributed by atoms with van der Waals surface area (Å²) in [5.41, 5.74) is 1.18. The van der Waals surface area contributed by atoms with E-state index in [1.54, 1.807) is 0 Å². The fourth-order valence-corrected chi connectivity index (χ4v) is 3.30. The molecule has 2 saturated heterocycles. The molecule has 2 aliphatic heterocycles. The van der Waals surface area contributed by atoms with E-state index in [-0.39, 0.29) is 18.1 Å².